The molecule has 1 N–H and O–H groups in total. The van der Waals surface area contributed by atoms with Crippen molar-refractivity contribution in [2.24, 2.45) is 11.8 Å². The molecule has 120 valence electrons. The number of furan rings is 1. The minimum absolute atomic E-state index is 0.0223. The summed E-state index contributed by atoms with van der Waals surface area (Å²) in [7, 11) is 1.70. The van der Waals surface area contributed by atoms with Crippen LogP contribution in [0, 0.1) is 11.8 Å². The molecule has 1 aromatic rings. The normalized spacial score (nSPS) is 22.9. The third kappa shape index (κ3) is 3.32. The number of hydrogen-bond donors (Lipinski definition) is 1. The van der Waals surface area contributed by atoms with Crippen LogP contribution >= 0.6 is 0 Å². The Bertz CT molecular complexity index is 538. The average molecular weight is 306 g/mol. The van der Waals surface area contributed by atoms with Crippen molar-refractivity contribution in [2.75, 3.05) is 20.1 Å². The SMILES string of the molecule is CN(CC(O)C1CC1)C(=O)C1CC(=O)N(Cc2ccco2)C1. The number of hydrogen-bond acceptors (Lipinski definition) is 4. The van der Waals surface area contributed by atoms with Crippen molar-refractivity contribution in [3.63, 3.8) is 0 Å². The highest BCUT2D eigenvalue weighted by Gasteiger charge is 2.37. The van der Waals surface area contributed by atoms with Crippen LogP contribution in [0.3, 0.4) is 0 Å². The van der Waals surface area contributed by atoms with E-state index in [0.29, 0.717) is 25.6 Å². The second-order valence-corrected chi connectivity index (χ2v) is 6.38. The van der Waals surface area contributed by atoms with E-state index in [1.165, 1.54) is 0 Å². The van der Waals surface area contributed by atoms with E-state index in [0.717, 1.165) is 18.6 Å². The highest BCUT2D eigenvalue weighted by atomic mass is 16.3. The minimum atomic E-state index is -0.440. The lowest BCUT2D eigenvalue weighted by atomic mass is 10.1. The maximum atomic E-state index is 12.4. The van der Waals surface area contributed by atoms with Crippen molar-refractivity contribution in [3.8, 4) is 0 Å². The van der Waals surface area contributed by atoms with E-state index in [1.807, 2.05) is 6.07 Å². The summed E-state index contributed by atoms with van der Waals surface area (Å²) in [4.78, 5) is 27.7. The monoisotopic (exact) mass is 306 g/mol. The molecule has 1 aliphatic carbocycles. The van der Waals surface area contributed by atoms with Crippen molar-refractivity contribution >= 4 is 11.8 Å². The number of aliphatic hydroxyl groups is 1. The molecule has 3 rings (SSSR count). The molecule has 2 amide bonds. The number of rotatable bonds is 6. The number of nitrogens with zero attached hydrogens (tertiary/aromatic N) is 2. The van der Waals surface area contributed by atoms with Crippen molar-refractivity contribution in [2.45, 2.75) is 31.9 Å². The summed E-state index contributed by atoms with van der Waals surface area (Å²) in [5.74, 6) is 0.662. The van der Waals surface area contributed by atoms with E-state index < -0.39 is 6.10 Å². The van der Waals surface area contributed by atoms with Gasteiger partial charge < -0.3 is 19.3 Å². The lowest BCUT2D eigenvalue weighted by Gasteiger charge is -2.23. The molecule has 2 heterocycles. The number of likely N-dealkylation sites (tertiary alicyclic amines) is 1. The van der Waals surface area contributed by atoms with Crippen LogP contribution in [0.4, 0.5) is 0 Å². The van der Waals surface area contributed by atoms with Gasteiger partial charge in [-0.3, -0.25) is 9.59 Å². The molecule has 2 unspecified atom stereocenters. The lowest BCUT2D eigenvalue weighted by Crippen LogP contribution is -2.39. The Labute approximate surface area is 129 Å². The number of amides is 2. The average Bonchev–Trinajstić information content (AvgIpc) is 3.11. The summed E-state index contributed by atoms with van der Waals surface area (Å²) in [6.45, 7) is 1.18. The predicted molar refractivity (Wildman–Crippen MR) is 78.6 cm³/mol. The Kier molecular flexibility index (Phi) is 4.20. The van der Waals surface area contributed by atoms with E-state index in [2.05, 4.69) is 0 Å². The van der Waals surface area contributed by atoms with Crippen LogP contribution in [0.1, 0.15) is 25.0 Å². The quantitative estimate of drug-likeness (QED) is 0.846. The standard InChI is InChI=1S/C16H22N2O4/c1-17(10-14(19)11-4-5-11)16(21)12-7-15(20)18(8-12)9-13-3-2-6-22-13/h2-3,6,11-12,14,19H,4-5,7-10H2,1H3. The molecular weight excluding hydrogens is 284 g/mol. The second kappa shape index (κ2) is 6.12. The Hall–Kier alpha value is -1.82. The van der Waals surface area contributed by atoms with Gasteiger partial charge in [-0.25, -0.2) is 0 Å². The van der Waals surface area contributed by atoms with Crippen LogP contribution in [-0.2, 0) is 16.1 Å². The Morgan fingerprint density at radius 3 is 2.95 bits per heavy atom. The number of carbonyl (C=O) groups is 2. The molecule has 1 aliphatic heterocycles. The van der Waals surface area contributed by atoms with E-state index in [-0.39, 0.29) is 24.2 Å². The number of carbonyl (C=O) groups excluding carboxylic acids is 2. The van der Waals surface area contributed by atoms with Crippen molar-refractivity contribution < 1.29 is 19.1 Å². The van der Waals surface area contributed by atoms with Crippen molar-refractivity contribution in [3.05, 3.63) is 24.2 Å². The van der Waals surface area contributed by atoms with Crippen LogP contribution in [0.15, 0.2) is 22.8 Å². The molecule has 0 radical (unpaired) electrons. The molecule has 1 saturated heterocycles. The lowest BCUT2D eigenvalue weighted by molar-refractivity contribution is -0.135. The van der Waals surface area contributed by atoms with Gasteiger partial charge in [0.05, 0.1) is 24.8 Å². The molecule has 0 aromatic carbocycles. The highest BCUT2D eigenvalue weighted by Crippen LogP contribution is 2.33. The van der Waals surface area contributed by atoms with Crippen LogP contribution in [0.5, 0.6) is 0 Å². The fourth-order valence-electron chi connectivity index (χ4n) is 2.99. The molecule has 2 fully saturated rings. The zero-order chi connectivity index (χ0) is 15.7. The highest BCUT2D eigenvalue weighted by molar-refractivity contribution is 5.89. The maximum Gasteiger partial charge on any atom is 0.227 e. The van der Waals surface area contributed by atoms with Crippen molar-refractivity contribution in [1.82, 2.24) is 9.80 Å². The predicted octanol–water partition coefficient (Wildman–Crippen LogP) is 0.857. The molecule has 2 atom stereocenters. The van der Waals surface area contributed by atoms with Gasteiger partial charge >= 0.3 is 0 Å². The van der Waals surface area contributed by atoms with Gasteiger partial charge in [0.1, 0.15) is 5.76 Å². The first kappa shape index (κ1) is 15.1. The fourth-order valence-corrected chi connectivity index (χ4v) is 2.99. The van der Waals surface area contributed by atoms with Crippen LogP contribution in [0.25, 0.3) is 0 Å². The van der Waals surface area contributed by atoms with E-state index in [9.17, 15) is 14.7 Å². The first-order chi connectivity index (χ1) is 10.5. The first-order valence-electron chi connectivity index (χ1n) is 7.78. The molecule has 1 saturated carbocycles. The number of likely N-dealkylation sites (N-methyl/N-ethyl adjacent to an activating group) is 1. The van der Waals surface area contributed by atoms with E-state index in [4.69, 9.17) is 4.42 Å². The molecule has 0 spiro atoms. The third-order valence-corrected chi connectivity index (χ3v) is 4.49. The molecular formula is C16H22N2O4. The van der Waals surface area contributed by atoms with Gasteiger partial charge in [-0.1, -0.05) is 0 Å². The van der Waals surface area contributed by atoms with Gasteiger partial charge in [-0.15, -0.1) is 0 Å². The zero-order valence-electron chi connectivity index (χ0n) is 12.8. The molecule has 1 aromatic heterocycles. The van der Waals surface area contributed by atoms with Crippen LogP contribution < -0.4 is 0 Å². The van der Waals surface area contributed by atoms with Gasteiger partial charge in [0.25, 0.3) is 0 Å². The second-order valence-electron chi connectivity index (χ2n) is 6.38. The summed E-state index contributed by atoms with van der Waals surface area (Å²) < 4.78 is 5.25. The van der Waals surface area contributed by atoms with Gasteiger partial charge in [-0.05, 0) is 30.9 Å². The zero-order valence-corrected chi connectivity index (χ0v) is 12.8. The van der Waals surface area contributed by atoms with E-state index >= 15 is 0 Å². The van der Waals surface area contributed by atoms with Gasteiger partial charge in [0.15, 0.2) is 0 Å². The summed E-state index contributed by atoms with van der Waals surface area (Å²) in [6.07, 6.45) is 3.46. The third-order valence-electron chi connectivity index (χ3n) is 4.49. The Morgan fingerprint density at radius 2 is 2.32 bits per heavy atom. The summed E-state index contributed by atoms with van der Waals surface area (Å²) in [6, 6.07) is 3.60. The molecule has 6 nitrogen and oxygen atoms in total. The maximum absolute atomic E-state index is 12.4. The van der Waals surface area contributed by atoms with Gasteiger partial charge in [-0.2, -0.15) is 0 Å². The van der Waals surface area contributed by atoms with Gasteiger partial charge in [0.2, 0.25) is 11.8 Å². The summed E-state index contributed by atoms with van der Waals surface area (Å²) in [5.41, 5.74) is 0. The largest absolute Gasteiger partial charge is 0.467 e. The molecule has 6 heteroatoms. The summed E-state index contributed by atoms with van der Waals surface area (Å²) in [5, 5.41) is 9.94. The van der Waals surface area contributed by atoms with Crippen molar-refractivity contribution in [1.29, 1.82) is 0 Å². The first-order valence-corrected chi connectivity index (χ1v) is 7.78. The van der Waals surface area contributed by atoms with Crippen LogP contribution in [0.2, 0.25) is 0 Å². The fraction of sp³-hybridized carbons (Fsp3) is 0.625. The Morgan fingerprint density at radius 1 is 1.55 bits per heavy atom. The minimum Gasteiger partial charge on any atom is -0.467 e. The molecule has 0 bridgehead atoms. The Balaban J connectivity index is 1.53. The van der Waals surface area contributed by atoms with E-state index in [1.54, 1.807) is 29.2 Å². The van der Waals surface area contributed by atoms with Gasteiger partial charge in [0, 0.05) is 26.6 Å². The molecule has 2 aliphatic rings. The summed E-state index contributed by atoms with van der Waals surface area (Å²) >= 11 is 0. The molecule has 22 heavy (non-hydrogen) atoms. The number of aliphatic hydroxyl groups excluding tert-OH is 1. The smallest absolute Gasteiger partial charge is 0.227 e. The van der Waals surface area contributed by atoms with Crippen LogP contribution in [-0.4, -0.2) is 53.0 Å². The topological polar surface area (TPSA) is 74.0 Å².